The van der Waals surface area contributed by atoms with Crippen molar-refractivity contribution in [3.8, 4) is 0 Å². The van der Waals surface area contributed by atoms with Gasteiger partial charge in [0.2, 0.25) is 0 Å². The standard InChI is InChI=1S/C18H24N4O3/c1-21-8-7-20-17(21)12-19-11-16-13-22(9-10-24-16)18(23)25-14-15-5-3-2-4-6-15/h2-8,16,19H,9-14H2,1H3. The molecular weight excluding hydrogens is 320 g/mol. The smallest absolute Gasteiger partial charge is 0.410 e. The fourth-order valence-corrected chi connectivity index (χ4v) is 2.73. The van der Waals surface area contributed by atoms with Gasteiger partial charge in [0, 0.05) is 32.5 Å². The van der Waals surface area contributed by atoms with Gasteiger partial charge in [-0.2, -0.15) is 0 Å². The zero-order chi connectivity index (χ0) is 17.5. The minimum atomic E-state index is -0.291. The summed E-state index contributed by atoms with van der Waals surface area (Å²) in [5, 5.41) is 3.33. The van der Waals surface area contributed by atoms with Crippen molar-refractivity contribution >= 4 is 6.09 Å². The van der Waals surface area contributed by atoms with Gasteiger partial charge in [-0.1, -0.05) is 30.3 Å². The molecule has 1 atom stereocenters. The van der Waals surface area contributed by atoms with Crippen molar-refractivity contribution in [2.45, 2.75) is 19.3 Å². The first-order chi connectivity index (χ1) is 12.2. The number of morpholine rings is 1. The molecule has 0 bridgehead atoms. The lowest BCUT2D eigenvalue weighted by atomic mass is 10.2. The van der Waals surface area contributed by atoms with Crippen LogP contribution in [0.3, 0.4) is 0 Å². The highest BCUT2D eigenvalue weighted by atomic mass is 16.6. The molecule has 7 nitrogen and oxygen atoms in total. The van der Waals surface area contributed by atoms with Gasteiger partial charge in [0.05, 0.1) is 25.8 Å². The first-order valence-electron chi connectivity index (χ1n) is 8.46. The van der Waals surface area contributed by atoms with Crippen molar-refractivity contribution in [3.05, 3.63) is 54.1 Å². The maximum absolute atomic E-state index is 12.2. The third-order valence-corrected chi connectivity index (χ3v) is 4.18. The highest BCUT2D eigenvalue weighted by Gasteiger charge is 2.25. The molecule has 1 aromatic heterocycles. The highest BCUT2D eigenvalue weighted by molar-refractivity contribution is 5.67. The normalized spacial score (nSPS) is 17.5. The molecule has 1 saturated heterocycles. The van der Waals surface area contributed by atoms with Crippen molar-refractivity contribution < 1.29 is 14.3 Å². The molecule has 0 spiro atoms. The van der Waals surface area contributed by atoms with Gasteiger partial charge < -0.3 is 24.3 Å². The molecule has 0 aliphatic carbocycles. The molecule has 1 aromatic carbocycles. The first kappa shape index (κ1) is 17.4. The maximum atomic E-state index is 12.2. The molecule has 134 valence electrons. The van der Waals surface area contributed by atoms with E-state index in [1.54, 1.807) is 11.1 Å². The maximum Gasteiger partial charge on any atom is 0.410 e. The number of rotatable bonds is 6. The van der Waals surface area contributed by atoms with Crippen LogP contribution in [0.15, 0.2) is 42.7 Å². The molecular formula is C18H24N4O3. The Bertz CT molecular complexity index is 674. The molecule has 1 N–H and O–H groups in total. The minimum Gasteiger partial charge on any atom is -0.445 e. The predicted octanol–water partition coefficient (Wildman–Crippen LogP) is 1.55. The van der Waals surface area contributed by atoms with E-state index in [1.807, 2.05) is 48.1 Å². The van der Waals surface area contributed by atoms with Crippen LogP contribution in [0.1, 0.15) is 11.4 Å². The Balaban J connectivity index is 1.41. The van der Waals surface area contributed by atoms with Crippen molar-refractivity contribution in [1.29, 1.82) is 0 Å². The van der Waals surface area contributed by atoms with Gasteiger partial charge >= 0.3 is 6.09 Å². The average Bonchev–Trinajstić information content (AvgIpc) is 3.06. The van der Waals surface area contributed by atoms with Gasteiger partial charge in [-0.3, -0.25) is 0 Å². The van der Waals surface area contributed by atoms with Crippen molar-refractivity contribution in [3.63, 3.8) is 0 Å². The molecule has 1 unspecified atom stereocenters. The van der Waals surface area contributed by atoms with Gasteiger partial charge in [0.1, 0.15) is 12.4 Å². The van der Waals surface area contributed by atoms with E-state index in [0.717, 1.165) is 11.4 Å². The van der Waals surface area contributed by atoms with Gasteiger partial charge in [0.25, 0.3) is 0 Å². The number of aryl methyl sites for hydroxylation is 1. The zero-order valence-corrected chi connectivity index (χ0v) is 14.4. The van der Waals surface area contributed by atoms with Crippen LogP contribution in [-0.2, 0) is 29.7 Å². The summed E-state index contributed by atoms with van der Waals surface area (Å²) >= 11 is 0. The molecule has 3 rings (SSSR count). The van der Waals surface area contributed by atoms with E-state index in [1.165, 1.54) is 0 Å². The fraction of sp³-hybridized carbons (Fsp3) is 0.444. The lowest BCUT2D eigenvalue weighted by Crippen LogP contribution is -2.49. The quantitative estimate of drug-likeness (QED) is 0.861. The van der Waals surface area contributed by atoms with Gasteiger partial charge in [-0.15, -0.1) is 0 Å². The van der Waals surface area contributed by atoms with Gasteiger partial charge in [0.15, 0.2) is 0 Å². The molecule has 0 saturated carbocycles. The molecule has 7 heteroatoms. The Morgan fingerprint density at radius 1 is 1.40 bits per heavy atom. The van der Waals surface area contributed by atoms with E-state index in [-0.39, 0.29) is 12.2 Å². The van der Waals surface area contributed by atoms with Crippen LogP contribution in [0.5, 0.6) is 0 Å². The number of amides is 1. The first-order valence-corrected chi connectivity index (χ1v) is 8.46. The Morgan fingerprint density at radius 2 is 2.24 bits per heavy atom. The molecule has 1 aliphatic rings. The Kier molecular flexibility index (Phi) is 6.03. The van der Waals surface area contributed by atoms with Crippen molar-refractivity contribution in [2.24, 2.45) is 7.05 Å². The molecule has 2 aromatic rings. The number of nitrogens with one attached hydrogen (secondary N) is 1. The van der Waals surface area contributed by atoms with E-state index in [4.69, 9.17) is 9.47 Å². The average molecular weight is 344 g/mol. The van der Waals surface area contributed by atoms with E-state index in [9.17, 15) is 4.79 Å². The number of carbonyl (C=O) groups excluding carboxylic acids is 1. The summed E-state index contributed by atoms with van der Waals surface area (Å²) in [6.07, 6.45) is 3.36. The number of benzene rings is 1. The summed E-state index contributed by atoms with van der Waals surface area (Å²) in [5.74, 6) is 0.968. The van der Waals surface area contributed by atoms with Crippen LogP contribution in [0, 0.1) is 0 Å². The van der Waals surface area contributed by atoms with Crippen LogP contribution in [0.2, 0.25) is 0 Å². The van der Waals surface area contributed by atoms with Crippen LogP contribution in [0.4, 0.5) is 4.79 Å². The topological polar surface area (TPSA) is 68.6 Å². The van der Waals surface area contributed by atoms with Gasteiger partial charge in [-0.05, 0) is 5.56 Å². The number of ether oxygens (including phenoxy) is 2. The summed E-state index contributed by atoms with van der Waals surface area (Å²) in [7, 11) is 1.96. The van der Waals surface area contributed by atoms with E-state index in [2.05, 4.69) is 10.3 Å². The SMILES string of the molecule is Cn1ccnc1CNCC1CN(C(=O)OCc2ccccc2)CCO1. The molecule has 1 aliphatic heterocycles. The summed E-state index contributed by atoms with van der Waals surface area (Å²) in [5.41, 5.74) is 0.984. The number of carbonyl (C=O) groups is 1. The predicted molar refractivity (Wildman–Crippen MR) is 92.9 cm³/mol. The molecule has 2 heterocycles. The van der Waals surface area contributed by atoms with E-state index >= 15 is 0 Å². The molecule has 0 radical (unpaired) electrons. The lowest BCUT2D eigenvalue weighted by molar-refractivity contribution is -0.0272. The summed E-state index contributed by atoms with van der Waals surface area (Å²) < 4.78 is 13.1. The Morgan fingerprint density at radius 3 is 3.00 bits per heavy atom. The summed E-state index contributed by atoms with van der Waals surface area (Å²) in [4.78, 5) is 18.2. The second kappa shape index (κ2) is 8.64. The largest absolute Gasteiger partial charge is 0.445 e. The summed E-state index contributed by atoms with van der Waals surface area (Å²) in [6.45, 7) is 3.23. The number of hydrogen-bond donors (Lipinski definition) is 1. The number of hydrogen-bond acceptors (Lipinski definition) is 5. The second-order valence-corrected chi connectivity index (χ2v) is 6.06. The minimum absolute atomic E-state index is 0.0432. The molecule has 1 amide bonds. The van der Waals surface area contributed by atoms with Crippen LogP contribution >= 0.6 is 0 Å². The van der Waals surface area contributed by atoms with Crippen molar-refractivity contribution in [1.82, 2.24) is 19.8 Å². The van der Waals surface area contributed by atoms with Crippen LogP contribution < -0.4 is 5.32 Å². The van der Waals surface area contributed by atoms with E-state index in [0.29, 0.717) is 39.4 Å². The second-order valence-electron chi connectivity index (χ2n) is 6.06. The molecule has 1 fully saturated rings. The van der Waals surface area contributed by atoms with Crippen LogP contribution in [0.25, 0.3) is 0 Å². The molecule has 25 heavy (non-hydrogen) atoms. The van der Waals surface area contributed by atoms with E-state index < -0.39 is 0 Å². The Hall–Kier alpha value is -2.38. The summed E-state index contributed by atoms with van der Waals surface area (Å²) in [6, 6.07) is 9.69. The van der Waals surface area contributed by atoms with Gasteiger partial charge in [-0.25, -0.2) is 9.78 Å². The monoisotopic (exact) mass is 344 g/mol. The fourth-order valence-electron chi connectivity index (χ4n) is 2.73. The number of aromatic nitrogens is 2. The third kappa shape index (κ3) is 5.04. The number of nitrogens with zero attached hydrogens (tertiary/aromatic N) is 3. The number of imidazole rings is 1. The highest BCUT2D eigenvalue weighted by Crippen LogP contribution is 2.09. The lowest BCUT2D eigenvalue weighted by Gasteiger charge is -2.32. The third-order valence-electron chi connectivity index (χ3n) is 4.18. The van der Waals surface area contributed by atoms with Crippen LogP contribution in [-0.4, -0.2) is 52.9 Å². The zero-order valence-electron chi connectivity index (χ0n) is 14.4. The van der Waals surface area contributed by atoms with Crippen molar-refractivity contribution in [2.75, 3.05) is 26.2 Å². The Labute approximate surface area is 147 Å².